The van der Waals surface area contributed by atoms with Crippen LogP contribution in [0.1, 0.15) is 13.3 Å². The molecule has 6 nitrogen and oxygen atoms in total. The average molecular weight is 357 g/mol. The van der Waals surface area contributed by atoms with E-state index < -0.39 is 12.1 Å². The topological polar surface area (TPSA) is 70.7 Å². The van der Waals surface area contributed by atoms with Gasteiger partial charge >= 0.3 is 6.03 Å². The Kier molecular flexibility index (Phi) is 5.36. The van der Waals surface area contributed by atoms with Crippen molar-refractivity contribution in [3.05, 3.63) is 54.3 Å². The first-order valence-electron chi connectivity index (χ1n) is 8.44. The van der Waals surface area contributed by atoms with Crippen molar-refractivity contribution < 1.29 is 18.7 Å². The van der Waals surface area contributed by atoms with Gasteiger partial charge in [0.2, 0.25) is 5.91 Å². The summed E-state index contributed by atoms with van der Waals surface area (Å²) in [6.45, 7) is 2.94. The number of amides is 3. The molecule has 3 rings (SSSR count). The van der Waals surface area contributed by atoms with Crippen LogP contribution in [0.4, 0.5) is 20.6 Å². The highest BCUT2D eigenvalue weighted by atomic mass is 19.1. The van der Waals surface area contributed by atoms with E-state index in [1.807, 2.05) is 6.92 Å². The van der Waals surface area contributed by atoms with Gasteiger partial charge in [0, 0.05) is 17.9 Å². The van der Waals surface area contributed by atoms with Gasteiger partial charge in [0.25, 0.3) is 0 Å². The van der Waals surface area contributed by atoms with E-state index in [1.165, 1.54) is 12.1 Å². The van der Waals surface area contributed by atoms with Crippen LogP contribution < -0.4 is 20.3 Å². The van der Waals surface area contributed by atoms with Gasteiger partial charge in [-0.1, -0.05) is 0 Å². The molecular weight excluding hydrogens is 337 g/mol. The van der Waals surface area contributed by atoms with Crippen molar-refractivity contribution in [1.82, 2.24) is 5.32 Å². The van der Waals surface area contributed by atoms with Crippen LogP contribution in [0, 0.1) is 5.82 Å². The summed E-state index contributed by atoms with van der Waals surface area (Å²) in [6.07, 6.45) is 0.493. The smallest absolute Gasteiger partial charge is 0.319 e. The molecule has 1 saturated heterocycles. The predicted molar refractivity (Wildman–Crippen MR) is 96.9 cm³/mol. The molecule has 1 aliphatic heterocycles. The number of halogens is 1. The molecule has 1 aliphatic rings. The van der Waals surface area contributed by atoms with Gasteiger partial charge in [0.05, 0.1) is 6.61 Å². The molecule has 1 atom stereocenters. The number of hydrogen-bond donors (Lipinski definition) is 2. The summed E-state index contributed by atoms with van der Waals surface area (Å²) in [5.41, 5.74) is 1.22. The molecule has 0 radical (unpaired) electrons. The van der Waals surface area contributed by atoms with E-state index in [0.29, 0.717) is 30.9 Å². The van der Waals surface area contributed by atoms with Crippen LogP contribution in [0.15, 0.2) is 48.5 Å². The molecule has 2 aromatic rings. The second-order valence-electron chi connectivity index (χ2n) is 5.86. The highest BCUT2D eigenvalue weighted by Crippen LogP contribution is 2.22. The lowest BCUT2D eigenvalue weighted by Crippen LogP contribution is -2.43. The minimum atomic E-state index is -0.609. The zero-order valence-corrected chi connectivity index (χ0v) is 14.4. The summed E-state index contributed by atoms with van der Waals surface area (Å²) in [7, 11) is 0. The Morgan fingerprint density at radius 1 is 1.19 bits per heavy atom. The zero-order valence-electron chi connectivity index (χ0n) is 14.4. The lowest BCUT2D eigenvalue weighted by Gasteiger charge is -2.17. The van der Waals surface area contributed by atoms with Gasteiger partial charge in [-0.25, -0.2) is 9.18 Å². The number of carbonyl (C=O) groups excluding carboxylic acids is 2. The number of nitrogens with zero attached hydrogens (tertiary/aromatic N) is 1. The van der Waals surface area contributed by atoms with E-state index >= 15 is 0 Å². The maximum absolute atomic E-state index is 13.0. The first kappa shape index (κ1) is 17.7. The van der Waals surface area contributed by atoms with Crippen molar-refractivity contribution in [2.45, 2.75) is 19.4 Å². The molecule has 0 bridgehead atoms. The van der Waals surface area contributed by atoms with Gasteiger partial charge in [-0.15, -0.1) is 0 Å². The van der Waals surface area contributed by atoms with Crippen LogP contribution in [-0.2, 0) is 4.79 Å². The Morgan fingerprint density at radius 2 is 1.88 bits per heavy atom. The molecule has 2 N–H and O–H groups in total. The number of hydrogen-bond acceptors (Lipinski definition) is 3. The quantitative estimate of drug-likeness (QED) is 0.864. The van der Waals surface area contributed by atoms with E-state index in [2.05, 4.69) is 10.6 Å². The van der Waals surface area contributed by atoms with E-state index in [0.717, 1.165) is 5.75 Å². The maximum atomic E-state index is 13.0. The highest BCUT2D eigenvalue weighted by Gasteiger charge is 2.33. The number of carbonyl (C=O) groups is 2. The van der Waals surface area contributed by atoms with Crippen molar-refractivity contribution in [3.63, 3.8) is 0 Å². The van der Waals surface area contributed by atoms with Crippen LogP contribution in [-0.4, -0.2) is 31.1 Å². The standard InChI is InChI=1S/C19H20FN3O3/c1-2-26-16-9-5-14(6-10-16)21-19(25)22-17-11-12-23(18(17)24)15-7-3-13(20)4-8-15/h3-10,17H,2,11-12H2,1H3,(H2,21,22,25). The molecule has 3 amide bonds. The lowest BCUT2D eigenvalue weighted by atomic mass is 10.2. The summed E-state index contributed by atoms with van der Waals surface area (Å²) in [6, 6.07) is 11.6. The molecule has 136 valence electrons. The van der Waals surface area contributed by atoms with Crippen molar-refractivity contribution in [3.8, 4) is 5.75 Å². The van der Waals surface area contributed by atoms with Gasteiger partial charge in [0.1, 0.15) is 17.6 Å². The molecule has 0 spiro atoms. The Bertz CT molecular complexity index is 778. The van der Waals surface area contributed by atoms with Gasteiger partial charge in [0.15, 0.2) is 0 Å². The molecule has 1 fully saturated rings. The van der Waals surface area contributed by atoms with Gasteiger partial charge in [-0.3, -0.25) is 4.79 Å². The van der Waals surface area contributed by atoms with Crippen molar-refractivity contribution >= 4 is 23.3 Å². The van der Waals surface area contributed by atoms with Gasteiger partial charge in [-0.05, 0) is 61.9 Å². The van der Waals surface area contributed by atoms with E-state index in [1.54, 1.807) is 41.3 Å². The lowest BCUT2D eigenvalue weighted by molar-refractivity contribution is -0.118. The third-order valence-corrected chi connectivity index (χ3v) is 4.07. The fourth-order valence-electron chi connectivity index (χ4n) is 2.82. The molecule has 1 heterocycles. The fourth-order valence-corrected chi connectivity index (χ4v) is 2.82. The zero-order chi connectivity index (χ0) is 18.5. The Hall–Kier alpha value is -3.09. The first-order valence-corrected chi connectivity index (χ1v) is 8.44. The van der Waals surface area contributed by atoms with Crippen LogP contribution >= 0.6 is 0 Å². The van der Waals surface area contributed by atoms with E-state index in [9.17, 15) is 14.0 Å². The third kappa shape index (κ3) is 4.11. The minimum Gasteiger partial charge on any atom is -0.494 e. The largest absolute Gasteiger partial charge is 0.494 e. The molecule has 0 saturated carbocycles. The summed E-state index contributed by atoms with van der Waals surface area (Å²) >= 11 is 0. The van der Waals surface area contributed by atoms with E-state index in [4.69, 9.17) is 4.74 Å². The first-order chi connectivity index (χ1) is 12.6. The summed E-state index contributed by atoms with van der Waals surface area (Å²) in [5.74, 6) is 0.155. The van der Waals surface area contributed by atoms with Crippen LogP contribution in [0.3, 0.4) is 0 Å². The predicted octanol–water partition coefficient (Wildman–Crippen LogP) is 3.15. The van der Waals surface area contributed by atoms with Gasteiger partial charge < -0.3 is 20.3 Å². The monoisotopic (exact) mass is 357 g/mol. The molecule has 7 heteroatoms. The highest BCUT2D eigenvalue weighted by molar-refractivity contribution is 6.02. The molecule has 0 aliphatic carbocycles. The number of ether oxygens (including phenoxy) is 1. The summed E-state index contributed by atoms with van der Waals surface area (Å²) in [5, 5.41) is 5.38. The number of nitrogens with one attached hydrogen (secondary N) is 2. The second kappa shape index (κ2) is 7.86. The summed E-state index contributed by atoms with van der Waals surface area (Å²) in [4.78, 5) is 26.2. The molecule has 26 heavy (non-hydrogen) atoms. The third-order valence-electron chi connectivity index (χ3n) is 4.07. The van der Waals surface area contributed by atoms with Crippen LogP contribution in [0.5, 0.6) is 5.75 Å². The van der Waals surface area contributed by atoms with Gasteiger partial charge in [-0.2, -0.15) is 0 Å². The fraction of sp³-hybridized carbons (Fsp3) is 0.263. The number of rotatable bonds is 5. The molecular formula is C19H20FN3O3. The SMILES string of the molecule is CCOc1ccc(NC(=O)NC2CCN(c3ccc(F)cc3)C2=O)cc1. The molecule has 0 aromatic heterocycles. The van der Waals surface area contributed by atoms with E-state index in [-0.39, 0.29) is 11.7 Å². The molecule has 1 unspecified atom stereocenters. The normalized spacial score (nSPS) is 16.5. The minimum absolute atomic E-state index is 0.210. The maximum Gasteiger partial charge on any atom is 0.319 e. The average Bonchev–Trinajstić information content (AvgIpc) is 2.98. The number of benzene rings is 2. The Morgan fingerprint density at radius 3 is 2.54 bits per heavy atom. The summed E-state index contributed by atoms with van der Waals surface area (Å²) < 4.78 is 18.4. The van der Waals surface area contributed by atoms with Crippen LogP contribution in [0.25, 0.3) is 0 Å². The number of urea groups is 1. The van der Waals surface area contributed by atoms with Crippen LogP contribution in [0.2, 0.25) is 0 Å². The number of anilines is 2. The molecule has 2 aromatic carbocycles. The Balaban J connectivity index is 1.56. The second-order valence-corrected chi connectivity index (χ2v) is 5.86. The van der Waals surface area contributed by atoms with Crippen molar-refractivity contribution in [1.29, 1.82) is 0 Å². The van der Waals surface area contributed by atoms with Crippen molar-refractivity contribution in [2.24, 2.45) is 0 Å². The van der Waals surface area contributed by atoms with Crippen molar-refractivity contribution in [2.75, 3.05) is 23.4 Å². The Labute approximate surface area is 150 Å².